The van der Waals surface area contributed by atoms with Gasteiger partial charge in [-0.05, 0) is 69.8 Å². The number of benzene rings is 6. The number of pyridine rings is 2. The molecule has 0 fully saturated rings. The molecule has 16 bridgehead atoms. The van der Waals surface area contributed by atoms with Gasteiger partial charge in [-0.3, -0.25) is 4.98 Å². The first-order chi connectivity index (χ1) is 59.1. The molecule has 10 aromatic heterocycles. The first-order valence-electron chi connectivity index (χ1n) is 34.3. The van der Waals surface area contributed by atoms with Gasteiger partial charge in [-0.2, -0.15) is 22.1 Å². The molecule has 0 spiro atoms. The number of fused-ring (bicyclic) bond motifs is 18. The van der Waals surface area contributed by atoms with Gasteiger partial charge in [-0.15, -0.1) is 44.1 Å². The number of hydrogen-bond donors (Lipinski definition) is 0. The van der Waals surface area contributed by atoms with Crippen molar-refractivity contribution in [1.82, 2.24) is 44.9 Å². The third kappa shape index (κ3) is 15.2. The Bertz CT molecular complexity index is 6860. The third-order valence-corrected chi connectivity index (χ3v) is 18.7. The van der Waals surface area contributed by atoms with Crippen LogP contribution in [0.1, 0.15) is 22.8 Å². The molecule has 0 aliphatic carbocycles. The summed E-state index contributed by atoms with van der Waals surface area (Å²) >= 11 is 0. The number of H-pyrrole nitrogens is 1. The van der Waals surface area contributed by atoms with E-state index in [0.717, 1.165) is 97.1 Å². The molecular weight excluding hydrogens is 1890 g/mol. The summed E-state index contributed by atoms with van der Waals surface area (Å²) in [5.74, 6) is -73.9. The van der Waals surface area contributed by atoms with E-state index in [-0.39, 0.29) is 59.6 Å². The van der Waals surface area contributed by atoms with Crippen molar-refractivity contribution in [1.29, 1.82) is 0 Å². The molecule has 42 heteroatoms. The summed E-state index contributed by atoms with van der Waals surface area (Å²) in [5.41, 5.74) is -26.0. The van der Waals surface area contributed by atoms with Crippen molar-refractivity contribution in [2.24, 2.45) is 0 Å². The Hall–Kier alpha value is -13.8. The fourth-order valence-corrected chi connectivity index (χ4v) is 13.1. The molecule has 126 heavy (non-hydrogen) atoms. The number of aromatic nitrogens is 10. The summed E-state index contributed by atoms with van der Waals surface area (Å²) in [4.78, 5) is 39.2. The van der Waals surface area contributed by atoms with Crippen LogP contribution < -0.4 is 34.9 Å². The van der Waals surface area contributed by atoms with Crippen molar-refractivity contribution in [3.05, 3.63) is 331 Å². The Labute approximate surface area is 704 Å². The number of halogens is 30. The summed E-state index contributed by atoms with van der Waals surface area (Å²) in [6, 6.07) is 22.8. The summed E-state index contributed by atoms with van der Waals surface area (Å²) in [7, 11) is 0. The molecule has 0 unspecified atom stereocenters. The van der Waals surface area contributed by atoms with Crippen LogP contribution in [-0.4, -0.2) is 15.0 Å². The van der Waals surface area contributed by atoms with E-state index in [1.54, 1.807) is 12.4 Å². The number of rotatable bonds is 6. The van der Waals surface area contributed by atoms with Crippen molar-refractivity contribution in [2.75, 3.05) is 0 Å². The van der Waals surface area contributed by atoms with Crippen LogP contribution in [0.5, 0.6) is 0 Å². The zero-order chi connectivity index (χ0) is 88.9. The van der Waals surface area contributed by atoms with E-state index in [4.69, 9.17) is 0 Å². The maximum atomic E-state index is 15.5. The number of hydrogen-bond acceptors (Lipinski definition) is 3. The van der Waals surface area contributed by atoms with Gasteiger partial charge in [0.15, 0.2) is 152 Å². The SMILES string of the molecule is Fc1c(F)c(F)c(-c2c3nc(c(-c4c(F)c(F)c(F)c(F)c4F)c4ccc([n-]4)c4ccc([n-]4)c(-c4c(F)c(F)c(F)c(F)c4F)c4ccc2[n-]4)C=C3)c(F)c1F.Fc1c(F)c(F)c(-c2c3nc(c(-c4c(F)c(F)c(F)c(F)c4F)c4ccc([n-]4)c4ccc([n-]4)c(-c4c(F)c(F)c(F)c(F)c4F)c4ccc2[n-]4)C=C3)c(F)c1F.[Cu].[Pd].c1cc[nH+]cc1.c1ccncc1. The van der Waals surface area contributed by atoms with E-state index in [0.29, 0.717) is 0 Å². The normalized spacial score (nSPS) is 11.5. The van der Waals surface area contributed by atoms with Crippen LogP contribution >= 0.6 is 0 Å². The van der Waals surface area contributed by atoms with Crippen molar-refractivity contribution in [3.8, 4) is 66.8 Å². The minimum absolute atomic E-state index is 0. The number of nitrogens with one attached hydrogen (secondary N) is 1. The van der Waals surface area contributed by atoms with Gasteiger partial charge in [0.05, 0.1) is 56.2 Å². The zero-order valence-corrected chi connectivity index (χ0v) is 63.0. The molecule has 2 aliphatic heterocycles. The van der Waals surface area contributed by atoms with Crippen LogP contribution in [0.25, 0.3) is 157 Å². The molecule has 0 saturated heterocycles. The Kier molecular flexibility index (Phi) is 25.0. The molecular formula is C84H27CuF30N10Pd-5. The average Bonchev–Trinajstić information content (AvgIpc) is 1.57. The summed E-state index contributed by atoms with van der Waals surface area (Å²) in [5, 5.41) is 0. The number of nitrogens with zero attached hydrogens (tertiary/aromatic N) is 9. The molecule has 18 rings (SSSR count). The topological polar surface area (TPSA) is 137 Å². The first-order valence-corrected chi connectivity index (χ1v) is 34.3. The van der Waals surface area contributed by atoms with E-state index in [1.165, 1.54) is 0 Å². The summed E-state index contributed by atoms with van der Waals surface area (Å²) in [6.45, 7) is 0. The predicted molar refractivity (Wildman–Crippen MR) is 383 cm³/mol. The maximum absolute atomic E-state index is 15.5. The van der Waals surface area contributed by atoms with Gasteiger partial charge < -0.3 is 29.9 Å². The average molecular weight is 1920 g/mol. The van der Waals surface area contributed by atoms with Crippen LogP contribution in [0.15, 0.2) is 134 Å². The number of aromatic amines is 1. The van der Waals surface area contributed by atoms with Gasteiger partial charge in [-0.1, -0.05) is 84.9 Å². The minimum Gasteiger partial charge on any atom is -0.658 e. The quantitative estimate of drug-likeness (QED) is 0.0689. The molecule has 2 aliphatic rings. The fraction of sp³-hybridized carbons (Fsp3) is 0. The second-order valence-corrected chi connectivity index (χ2v) is 25.7. The Morgan fingerprint density at radius 2 is 0.325 bits per heavy atom. The van der Waals surface area contributed by atoms with Crippen LogP contribution in [0.4, 0.5) is 132 Å². The smallest absolute Gasteiger partial charge is 0.200 e. The Morgan fingerprint density at radius 3 is 0.476 bits per heavy atom. The Balaban J connectivity index is 0.000000187. The Morgan fingerprint density at radius 1 is 0.175 bits per heavy atom. The van der Waals surface area contributed by atoms with E-state index >= 15 is 52.7 Å². The van der Waals surface area contributed by atoms with Crippen LogP contribution in [-0.2, 0) is 37.5 Å². The minimum atomic E-state index is -2.62. The standard InChI is InChI=1S/2C37H8F15N4.2C5H5N.Cu.Pd/c2*38-23-20(24(39)30(45)35(50)29(23)44)17-11-3-1-9(53-11)10-2-4-12(54-10)18(21-25(40)31(46)36(51)32(47)26(21)41)14-6-8-16(56-14)19(15-7-5-13(17)55-15)22-27(42)33(48)37(52)34(49)28(22)43;2*1-2-4-6-5-3-1;;/h2*1-8H;2*1-5H;;/q2*-3;;;;/p+1. The van der Waals surface area contributed by atoms with Gasteiger partial charge in [0.25, 0.3) is 0 Å². The summed E-state index contributed by atoms with van der Waals surface area (Å²) in [6.07, 6.45) is 10.4. The maximum Gasteiger partial charge on any atom is 0.200 e. The van der Waals surface area contributed by atoms with Gasteiger partial charge in [0, 0.05) is 62.0 Å². The first kappa shape index (κ1) is 89.9. The monoisotopic (exact) mass is 1910 g/mol. The van der Waals surface area contributed by atoms with E-state index < -0.39 is 308 Å². The third-order valence-electron chi connectivity index (χ3n) is 18.7. The van der Waals surface area contributed by atoms with Crippen molar-refractivity contribution in [2.45, 2.75) is 0 Å². The van der Waals surface area contributed by atoms with Crippen molar-refractivity contribution in [3.63, 3.8) is 0 Å². The van der Waals surface area contributed by atoms with E-state index in [2.05, 4.69) is 49.8 Å². The second-order valence-electron chi connectivity index (χ2n) is 25.7. The molecule has 0 amide bonds. The van der Waals surface area contributed by atoms with Gasteiger partial charge in [0.1, 0.15) is 0 Å². The zero-order valence-electron chi connectivity index (χ0n) is 60.5. The molecule has 0 atom stereocenters. The largest absolute Gasteiger partial charge is 0.658 e. The molecule has 1 radical (unpaired) electrons. The molecule has 0 saturated carbocycles. The van der Waals surface area contributed by atoms with Crippen LogP contribution in [0, 0.1) is 175 Å². The molecule has 16 aromatic rings. The molecule has 1 N–H and O–H groups in total. The van der Waals surface area contributed by atoms with Gasteiger partial charge >= 0.3 is 0 Å². The van der Waals surface area contributed by atoms with E-state index in [9.17, 15) is 79.0 Å². The van der Waals surface area contributed by atoms with Crippen LogP contribution in [0.3, 0.4) is 0 Å². The van der Waals surface area contributed by atoms with Crippen LogP contribution in [0.2, 0.25) is 0 Å². The van der Waals surface area contributed by atoms with Gasteiger partial charge in [0.2, 0.25) is 34.9 Å². The predicted octanol–water partition coefficient (Wildman–Crippen LogP) is 22.9. The molecule has 10 nitrogen and oxygen atoms in total. The van der Waals surface area contributed by atoms with Crippen molar-refractivity contribution < 1.29 is 174 Å². The second kappa shape index (κ2) is 35.1. The van der Waals surface area contributed by atoms with E-state index in [1.807, 2.05) is 48.8 Å². The van der Waals surface area contributed by atoms with Crippen molar-refractivity contribution >= 4 is 90.5 Å². The molecule has 649 valence electrons. The fourth-order valence-electron chi connectivity index (χ4n) is 13.1. The molecule has 6 aromatic carbocycles. The van der Waals surface area contributed by atoms with Gasteiger partial charge in [-0.25, -0.2) is 147 Å². The molecule has 12 heterocycles. The summed E-state index contributed by atoms with van der Waals surface area (Å²) < 4.78 is 446.